The molecular formula is C13H28N2O. The number of hydrogen-bond acceptors (Lipinski definition) is 3. The van der Waals surface area contributed by atoms with Crippen molar-refractivity contribution in [2.24, 2.45) is 0 Å². The van der Waals surface area contributed by atoms with Crippen LogP contribution < -0.4 is 5.32 Å². The second kappa shape index (κ2) is 7.25. The summed E-state index contributed by atoms with van der Waals surface area (Å²) in [5, 5.41) is 3.57. The van der Waals surface area contributed by atoms with E-state index in [-0.39, 0.29) is 0 Å². The Labute approximate surface area is 101 Å². The summed E-state index contributed by atoms with van der Waals surface area (Å²) in [6, 6.07) is 1.82. The molecule has 1 fully saturated rings. The van der Waals surface area contributed by atoms with Gasteiger partial charge in [0.05, 0.1) is 13.2 Å². The van der Waals surface area contributed by atoms with Gasteiger partial charge in [-0.3, -0.25) is 4.90 Å². The van der Waals surface area contributed by atoms with Crippen molar-refractivity contribution in [3.63, 3.8) is 0 Å². The van der Waals surface area contributed by atoms with Crippen LogP contribution in [0.1, 0.15) is 40.5 Å². The van der Waals surface area contributed by atoms with E-state index in [1.54, 1.807) is 0 Å². The Morgan fingerprint density at radius 1 is 1.44 bits per heavy atom. The molecule has 0 radical (unpaired) electrons. The summed E-state index contributed by atoms with van der Waals surface area (Å²) in [6.45, 7) is 13.0. The molecular weight excluding hydrogens is 200 g/mol. The van der Waals surface area contributed by atoms with Gasteiger partial charge >= 0.3 is 0 Å². The van der Waals surface area contributed by atoms with Gasteiger partial charge in [-0.2, -0.15) is 0 Å². The van der Waals surface area contributed by atoms with Crippen molar-refractivity contribution in [3.8, 4) is 0 Å². The average Bonchev–Trinajstić information content (AvgIpc) is 2.25. The number of rotatable bonds is 6. The van der Waals surface area contributed by atoms with E-state index in [4.69, 9.17) is 4.74 Å². The molecule has 1 aliphatic heterocycles. The number of morpholine rings is 1. The van der Waals surface area contributed by atoms with Gasteiger partial charge in [-0.05, 0) is 13.3 Å². The average molecular weight is 228 g/mol. The zero-order valence-corrected chi connectivity index (χ0v) is 11.3. The summed E-state index contributed by atoms with van der Waals surface area (Å²) in [5.74, 6) is 0. The molecule has 1 heterocycles. The minimum atomic E-state index is 0.569. The van der Waals surface area contributed by atoms with Crippen molar-refractivity contribution in [2.75, 3.05) is 26.3 Å². The maximum atomic E-state index is 5.50. The fourth-order valence-electron chi connectivity index (χ4n) is 2.37. The van der Waals surface area contributed by atoms with Crippen molar-refractivity contribution < 1.29 is 4.74 Å². The summed E-state index contributed by atoms with van der Waals surface area (Å²) >= 11 is 0. The molecule has 0 amide bonds. The Kier molecular flexibility index (Phi) is 6.32. The lowest BCUT2D eigenvalue weighted by Gasteiger charge is -2.40. The molecule has 16 heavy (non-hydrogen) atoms. The zero-order valence-electron chi connectivity index (χ0n) is 11.3. The molecule has 1 N–H and O–H groups in total. The smallest absolute Gasteiger partial charge is 0.0619 e. The highest BCUT2D eigenvalue weighted by atomic mass is 16.5. The van der Waals surface area contributed by atoms with Crippen LogP contribution in [0.4, 0.5) is 0 Å². The first-order valence-corrected chi connectivity index (χ1v) is 6.72. The third-order valence-electron chi connectivity index (χ3n) is 3.27. The largest absolute Gasteiger partial charge is 0.379 e. The van der Waals surface area contributed by atoms with Crippen molar-refractivity contribution in [1.29, 1.82) is 0 Å². The highest BCUT2D eigenvalue weighted by molar-refractivity contribution is 4.81. The van der Waals surface area contributed by atoms with Gasteiger partial charge in [0.1, 0.15) is 0 Å². The lowest BCUT2D eigenvalue weighted by molar-refractivity contribution is -0.0237. The zero-order chi connectivity index (χ0) is 12.0. The predicted octanol–water partition coefficient (Wildman–Crippen LogP) is 1.87. The molecule has 1 saturated heterocycles. The first-order chi connectivity index (χ1) is 7.65. The van der Waals surface area contributed by atoms with Gasteiger partial charge in [-0.25, -0.2) is 0 Å². The van der Waals surface area contributed by atoms with E-state index in [0.29, 0.717) is 18.1 Å². The summed E-state index contributed by atoms with van der Waals surface area (Å²) < 4.78 is 5.50. The monoisotopic (exact) mass is 228 g/mol. The number of ether oxygens (including phenoxy) is 1. The van der Waals surface area contributed by atoms with E-state index in [9.17, 15) is 0 Å². The lowest BCUT2D eigenvalue weighted by Crippen LogP contribution is -2.53. The van der Waals surface area contributed by atoms with Crippen LogP contribution in [0.25, 0.3) is 0 Å². The molecule has 2 atom stereocenters. The van der Waals surface area contributed by atoms with Crippen molar-refractivity contribution >= 4 is 0 Å². The van der Waals surface area contributed by atoms with Crippen LogP contribution in [0.2, 0.25) is 0 Å². The van der Waals surface area contributed by atoms with Gasteiger partial charge in [-0.1, -0.05) is 27.2 Å². The molecule has 0 saturated carbocycles. The molecule has 3 heteroatoms. The molecule has 2 unspecified atom stereocenters. The van der Waals surface area contributed by atoms with Gasteiger partial charge in [0.25, 0.3) is 0 Å². The molecule has 0 spiro atoms. The van der Waals surface area contributed by atoms with Crippen LogP contribution in [-0.2, 0) is 4.74 Å². The first-order valence-electron chi connectivity index (χ1n) is 6.72. The summed E-state index contributed by atoms with van der Waals surface area (Å²) in [5.41, 5.74) is 0. The van der Waals surface area contributed by atoms with Gasteiger partial charge < -0.3 is 10.1 Å². The van der Waals surface area contributed by atoms with Crippen LogP contribution in [0.5, 0.6) is 0 Å². The van der Waals surface area contributed by atoms with E-state index < -0.39 is 0 Å². The highest BCUT2D eigenvalue weighted by Gasteiger charge is 2.25. The molecule has 0 aliphatic carbocycles. The van der Waals surface area contributed by atoms with E-state index in [1.807, 2.05) is 0 Å². The number of nitrogens with zero attached hydrogens (tertiary/aromatic N) is 1. The lowest BCUT2D eigenvalue weighted by atomic mass is 10.1. The van der Waals surface area contributed by atoms with Gasteiger partial charge in [0.2, 0.25) is 0 Å². The Hall–Kier alpha value is -0.120. The number of nitrogens with one attached hydrogen (secondary N) is 1. The third-order valence-corrected chi connectivity index (χ3v) is 3.27. The van der Waals surface area contributed by atoms with Gasteiger partial charge in [0, 0.05) is 31.2 Å². The second-order valence-electron chi connectivity index (χ2n) is 5.17. The molecule has 1 aliphatic rings. The standard InChI is InChI=1S/C13H28N2O/c1-5-6-13(9-14-11(2)3)15-7-8-16-10-12(15)4/h11-14H,5-10H2,1-4H3. The normalized spacial score (nSPS) is 24.9. The molecule has 96 valence electrons. The molecule has 3 nitrogen and oxygen atoms in total. The van der Waals surface area contributed by atoms with Gasteiger partial charge in [-0.15, -0.1) is 0 Å². The molecule has 0 aromatic carbocycles. The van der Waals surface area contributed by atoms with Crippen LogP contribution in [0.3, 0.4) is 0 Å². The topological polar surface area (TPSA) is 24.5 Å². The van der Waals surface area contributed by atoms with Crippen molar-refractivity contribution in [1.82, 2.24) is 10.2 Å². The fourth-order valence-corrected chi connectivity index (χ4v) is 2.37. The van der Waals surface area contributed by atoms with Crippen molar-refractivity contribution in [3.05, 3.63) is 0 Å². The minimum absolute atomic E-state index is 0.569. The SMILES string of the molecule is CCCC(CNC(C)C)N1CCOCC1C. The van der Waals surface area contributed by atoms with E-state index in [1.165, 1.54) is 12.8 Å². The fraction of sp³-hybridized carbons (Fsp3) is 1.00. The second-order valence-corrected chi connectivity index (χ2v) is 5.17. The first kappa shape index (κ1) is 13.9. The van der Waals surface area contributed by atoms with Crippen molar-refractivity contribution in [2.45, 2.75) is 58.7 Å². The van der Waals surface area contributed by atoms with E-state index >= 15 is 0 Å². The summed E-state index contributed by atoms with van der Waals surface area (Å²) in [7, 11) is 0. The Balaban J connectivity index is 2.46. The molecule has 0 aromatic rings. The minimum Gasteiger partial charge on any atom is -0.379 e. The van der Waals surface area contributed by atoms with Crippen LogP contribution in [0, 0.1) is 0 Å². The van der Waals surface area contributed by atoms with E-state index in [0.717, 1.165) is 26.3 Å². The molecule has 0 bridgehead atoms. The Morgan fingerprint density at radius 3 is 2.75 bits per heavy atom. The maximum absolute atomic E-state index is 5.50. The molecule has 0 aromatic heterocycles. The Bertz CT molecular complexity index is 185. The van der Waals surface area contributed by atoms with Crippen LogP contribution >= 0.6 is 0 Å². The maximum Gasteiger partial charge on any atom is 0.0619 e. The number of hydrogen-bond donors (Lipinski definition) is 1. The van der Waals surface area contributed by atoms with Crippen LogP contribution in [-0.4, -0.2) is 49.3 Å². The van der Waals surface area contributed by atoms with Crippen LogP contribution in [0.15, 0.2) is 0 Å². The van der Waals surface area contributed by atoms with E-state index in [2.05, 4.69) is 37.9 Å². The third kappa shape index (κ3) is 4.40. The van der Waals surface area contributed by atoms with Gasteiger partial charge in [0.15, 0.2) is 0 Å². The summed E-state index contributed by atoms with van der Waals surface area (Å²) in [4.78, 5) is 2.61. The Morgan fingerprint density at radius 2 is 2.19 bits per heavy atom. The quantitative estimate of drug-likeness (QED) is 0.751. The predicted molar refractivity (Wildman–Crippen MR) is 68.8 cm³/mol. The summed E-state index contributed by atoms with van der Waals surface area (Å²) in [6.07, 6.45) is 2.54. The highest BCUT2D eigenvalue weighted by Crippen LogP contribution is 2.14. The molecule has 1 rings (SSSR count).